The number of ether oxygens (including phenoxy) is 2. The molecule has 1 amide bonds. The minimum atomic E-state index is -0.285. The van der Waals surface area contributed by atoms with Gasteiger partial charge in [-0.25, -0.2) is 0 Å². The van der Waals surface area contributed by atoms with Gasteiger partial charge in [0.05, 0.1) is 20.3 Å². The van der Waals surface area contributed by atoms with E-state index in [0.717, 1.165) is 5.56 Å². The third-order valence-corrected chi connectivity index (χ3v) is 3.49. The largest absolute Gasteiger partial charge is 0.497 e. The van der Waals surface area contributed by atoms with Crippen LogP contribution in [0.1, 0.15) is 18.5 Å². The number of methoxy groups -OCH3 is 2. The van der Waals surface area contributed by atoms with Gasteiger partial charge in [0.15, 0.2) is 0 Å². The van der Waals surface area contributed by atoms with Crippen molar-refractivity contribution >= 4 is 5.91 Å². The number of aromatic nitrogens is 1. The number of hydrogen-bond acceptors (Lipinski definition) is 4. The molecular weight excluding hydrogens is 296 g/mol. The number of amides is 1. The Labute approximate surface area is 134 Å². The molecule has 1 atom stereocenters. The van der Waals surface area contributed by atoms with E-state index >= 15 is 0 Å². The highest BCUT2D eigenvalue weighted by Crippen LogP contribution is 2.29. The van der Waals surface area contributed by atoms with Crippen LogP contribution in [0.2, 0.25) is 0 Å². The van der Waals surface area contributed by atoms with Gasteiger partial charge in [0.2, 0.25) is 5.91 Å². The van der Waals surface area contributed by atoms with Gasteiger partial charge in [-0.1, -0.05) is 6.07 Å². The molecule has 0 radical (unpaired) electrons. The molecule has 2 aromatic rings. The first-order chi connectivity index (χ1) is 11.0. The molecular formula is C17H20N2O4. The maximum absolute atomic E-state index is 12.2. The Morgan fingerprint density at radius 2 is 2.00 bits per heavy atom. The van der Waals surface area contributed by atoms with Crippen molar-refractivity contribution < 1.29 is 14.3 Å². The molecule has 1 aromatic heterocycles. The molecule has 23 heavy (non-hydrogen) atoms. The fourth-order valence-electron chi connectivity index (χ4n) is 2.29. The van der Waals surface area contributed by atoms with Crippen LogP contribution >= 0.6 is 0 Å². The summed E-state index contributed by atoms with van der Waals surface area (Å²) >= 11 is 0. The predicted molar refractivity (Wildman–Crippen MR) is 86.8 cm³/mol. The normalized spacial score (nSPS) is 11.6. The lowest BCUT2D eigenvalue weighted by Gasteiger charge is -2.18. The van der Waals surface area contributed by atoms with Crippen LogP contribution in [0.25, 0.3) is 0 Å². The lowest BCUT2D eigenvalue weighted by molar-refractivity contribution is -0.122. The Kier molecular flexibility index (Phi) is 5.41. The summed E-state index contributed by atoms with van der Waals surface area (Å²) in [6, 6.07) is 9.88. The molecule has 1 N–H and O–H groups in total. The van der Waals surface area contributed by atoms with Crippen LogP contribution in [0, 0.1) is 0 Å². The summed E-state index contributed by atoms with van der Waals surface area (Å²) in [4.78, 5) is 23.8. The molecule has 1 heterocycles. The number of nitrogens with zero attached hydrogens (tertiary/aromatic N) is 1. The van der Waals surface area contributed by atoms with Gasteiger partial charge in [-0.05, 0) is 31.2 Å². The number of rotatable bonds is 6. The molecule has 0 spiro atoms. The van der Waals surface area contributed by atoms with E-state index in [1.165, 1.54) is 10.6 Å². The first kappa shape index (κ1) is 16.6. The molecule has 2 rings (SSSR count). The van der Waals surface area contributed by atoms with Crippen molar-refractivity contribution in [2.24, 2.45) is 0 Å². The van der Waals surface area contributed by atoms with Gasteiger partial charge in [-0.3, -0.25) is 9.59 Å². The van der Waals surface area contributed by atoms with Gasteiger partial charge in [0.1, 0.15) is 18.0 Å². The fraction of sp³-hybridized carbons (Fsp3) is 0.294. The number of carbonyl (C=O) groups is 1. The van der Waals surface area contributed by atoms with E-state index in [4.69, 9.17) is 9.47 Å². The SMILES string of the molecule is COc1ccc(OC)c([C@H](C)NC(=O)Cn2ccccc2=O)c1. The summed E-state index contributed by atoms with van der Waals surface area (Å²) in [5.41, 5.74) is 0.592. The molecule has 0 aliphatic carbocycles. The van der Waals surface area contributed by atoms with Crippen LogP contribution in [0.5, 0.6) is 11.5 Å². The molecule has 6 nitrogen and oxygen atoms in total. The first-order valence-electron chi connectivity index (χ1n) is 7.22. The molecule has 0 aliphatic rings. The van der Waals surface area contributed by atoms with Crippen LogP contribution < -0.4 is 20.3 Å². The third-order valence-electron chi connectivity index (χ3n) is 3.49. The summed E-state index contributed by atoms with van der Waals surface area (Å²) < 4.78 is 11.9. The number of pyridine rings is 1. The highest BCUT2D eigenvalue weighted by atomic mass is 16.5. The van der Waals surface area contributed by atoms with Gasteiger partial charge in [0.25, 0.3) is 5.56 Å². The van der Waals surface area contributed by atoms with Gasteiger partial charge >= 0.3 is 0 Å². The van der Waals surface area contributed by atoms with Crippen molar-refractivity contribution in [2.75, 3.05) is 14.2 Å². The van der Waals surface area contributed by atoms with Crippen molar-refractivity contribution in [3.63, 3.8) is 0 Å². The minimum absolute atomic E-state index is 0.0315. The van der Waals surface area contributed by atoms with E-state index in [9.17, 15) is 9.59 Å². The average molecular weight is 316 g/mol. The summed E-state index contributed by atoms with van der Waals surface area (Å²) in [5, 5.41) is 2.86. The number of hydrogen-bond donors (Lipinski definition) is 1. The molecule has 1 aromatic carbocycles. The second-order valence-electron chi connectivity index (χ2n) is 5.06. The van der Waals surface area contributed by atoms with Gasteiger partial charge in [0, 0.05) is 17.8 Å². The van der Waals surface area contributed by atoms with Crippen molar-refractivity contribution in [3.8, 4) is 11.5 Å². The average Bonchev–Trinajstić information content (AvgIpc) is 2.56. The predicted octanol–water partition coefficient (Wildman–Crippen LogP) is 1.74. The van der Waals surface area contributed by atoms with E-state index in [1.807, 2.05) is 13.0 Å². The highest BCUT2D eigenvalue weighted by molar-refractivity contribution is 5.76. The molecule has 122 valence electrons. The van der Waals surface area contributed by atoms with Crippen molar-refractivity contribution in [3.05, 3.63) is 58.5 Å². The Morgan fingerprint density at radius 3 is 2.65 bits per heavy atom. The Bertz CT molecular complexity index is 739. The van der Waals surface area contributed by atoms with E-state index in [-0.39, 0.29) is 24.1 Å². The van der Waals surface area contributed by atoms with Gasteiger partial charge in [-0.15, -0.1) is 0 Å². The number of benzene rings is 1. The maximum Gasteiger partial charge on any atom is 0.250 e. The topological polar surface area (TPSA) is 69.6 Å². The van der Waals surface area contributed by atoms with Crippen LogP contribution in [0.15, 0.2) is 47.4 Å². The Hall–Kier alpha value is -2.76. The first-order valence-corrected chi connectivity index (χ1v) is 7.22. The van der Waals surface area contributed by atoms with Gasteiger partial charge in [-0.2, -0.15) is 0 Å². The van der Waals surface area contributed by atoms with Gasteiger partial charge < -0.3 is 19.4 Å². The van der Waals surface area contributed by atoms with E-state index in [0.29, 0.717) is 11.5 Å². The second-order valence-corrected chi connectivity index (χ2v) is 5.06. The quantitative estimate of drug-likeness (QED) is 0.881. The zero-order valence-electron chi connectivity index (χ0n) is 13.4. The van der Waals surface area contributed by atoms with Crippen LogP contribution in [0.4, 0.5) is 0 Å². The fourth-order valence-corrected chi connectivity index (χ4v) is 2.29. The Balaban J connectivity index is 2.12. The zero-order chi connectivity index (χ0) is 16.8. The smallest absolute Gasteiger partial charge is 0.250 e. The van der Waals surface area contributed by atoms with Crippen molar-refractivity contribution in [1.29, 1.82) is 0 Å². The molecule has 0 bridgehead atoms. The molecule has 0 unspecified atom stereocenters. The summed E-state index contributed by atoms with van der Waals surface area (Å²) in [6.45, 7) is 1.82. The summed E-state index contributed by atoms with van der Waals surface area (Å²) in [6.07, 6.45) is 1.58. The minimum Gasteiger partial charge on any atom is -0.497 e. The van der Waals surface area contributed by atoms with Crippen LogP contribution in [0.3, 0.4) is 0 Å². The Morgan fingerprint density at radius 1 is 1.22 bits per heavy atom. The maximum atomic E-state index is 12.2. The molecule has 0 saturated carbocycles. The molecule has 0 saturated heterocycles. The summed E-state index contributed by atoms with van der Waals surface area (Å²) in [5.74, 6) is 1.09. The van der Waals surface area contributed by atoms with E-state index < -0.39 is 0 Å². The highest BCUT2D eigenvalue weighted by Gasteiger charge is 2.15. The monoisotopic (exact) mass is 316 g/mol. The summed E-state index contributed by atoms with van der Waals surface area (Å²) in [7, 11) is 3.15. The van der Waals surface area contributed by atoms with Crippen molar-refractivity contribution in [1.82, 2.24) is 9.88 Å². The number of nitrogens with one attached hydrogen (secondary N) is 1. The second kappa shape index (κ2) is 7.49. The van der Waals surface area contributed by atoms with E-state index in [1.54, 1.807) is 44.7 Å². The molecule has 0 fully saturated rings. The van der Waals surface area contributed by atoms with Crippen LogP contribution in [-0.2, 0) is 11.3 Å². The molecule has 0 aliphatic heterocycles. The third kappa shape index (κ3) is 4.12. The molecule has 6 heteroatoms. The lowest BCUT2D eigenvalue weighted by atomic mass is 10.1. The van der Waals surface area contributed by atoms with E-state index in [2.05, 4.69) is 5.32 Å². The zero-order valence-corrected chi connectivity index (χ0v) is 13.4. The van der Waals surface area contributed by atoms with Crippen molar-refractivity contribution in [2.45, 2.75) is 19.5 Å². The lowest BCUT2D eigenvalue weighted by Crippen LogP contribution is -2.33. The number of carbonyl (C=O) groups excluding carboxylic acids is 1. The van der Waals surface area contributed by atoms with Crippen LogP contribution in [-0.4, -0.2) is 24.7 Å². The standard InChI is InChI=1S/C17H20N2O4/c1-12(14-10-13(22-2)7-8-15(14)23-3)18-16(20)11-19-9-5-4-6-17(19)21/h4-10,12H,11H2,1-3H3,(H,18,20)/t12-/m0/s1.